The summed E-state index contributed by atoms with van der Waals surface area (Å²) in [5.74, 6) is 0.0876. The lowest BCUT2D eigenvalue weighted by atomic mass is 10.1. The first-order chi connectivity index (χ1) is 9.08. The summed E-state index contributed by atoms with van der Waals surface area (Å²) in [7, 11) is 1.74. The molecule has 0 fully saturated rings. The average molecular weight is 256 g/mol. The van der Waals surface area contributed by atoms with Gasteiger partial charge in [0.05, 0.1) is 12.2 Å². The van der Waals surface area contributed by atoms with Gasteiger partial charge in [0.25, 0.3) is 5.91 Å². The van der Waals surface area contributed by atoms with E-state index in [2.05, 4.69) is 4.98 Å². The molecule has 0 aliphatic carbocycles. The van der Waals surface area contributed by atoms with E-state index in [4.69, 9.17) is 0 Å². The summed E-state index contributed by atoms with van der Waals surface area (Å²) in [6, 6.07) is 10.4. The van der Waals surface area contributed by atoms with Gasteiger partial charge >= 0.3 is 0 Å². The third-order valence-corrected chi connectivity index (χ3v) is 2.91. The monoisotopic (exact) mass is 256 g/mol. The van der Waals surface area contributed by atoms with E-state index >= 15 is 0 Å². The van der Waals surface area contributed by atoms with Gasteiger partial charge in [-0.2, -0.15) is 0 Å². The van der Waals surface area contributed by atoms with E-state index in [1.165, 1.54) is 6.07 Å². The fraction of sp³-hybridized carbons (Fsp3) is 0.200. The Bertz CT molecular complexity index is 582. The quantitative estimate of drug-likeness (QED) is 0.917. The van der Waals surface area contributed by atoms with Crippen LogP contribution < -0.4 is 0 Å². The van der Waals surface area contributed by atoms with Gasteiger partial charge in [-0.15, -0.1) is 0 Å². The molecule has 4 nitrogen and oxygen atoms in total. The molecule has 0 atom stereocenters. The predicted octanol–water partition coefficient (Wildman–Crippen LogP) is 2.37. The topological polar surface area (TPSA) is 53.4 Å². The Morgan fingerprint density at radius 3 is 2.74 bits per heavy atom. The zero-order chi connectivity index (χ0) is 13.8. The molecule has 19 heavy (non-hydrogen) atoms. The van der Waals surface area contributed by atoms with Gasteiger partial charge in [0.15, 0.2) is 0 Å². The van der Waals surface area contributed by atoms with Crippen LogP contribution in [0.2, 0.25) is 0 Å². The van der Waals surface area contributed by atoms with Crippen molar-refractivity contribution in [2.45, 2.75) is 13.5 Å². The molecule has 0 unspecified atom stereocenters. The Balaban J connectivity index is 2.15. The van der Waals surface area contributed by atoms with Gasteiger partial charge < -0.3 is 10.0 Å². The fourth-order valence-corrected chi connectivity index (χ4v) is 1.90. The van der Waals surface area contributed by atoms with Crippen LogP contribution in [-0.4, -0.2) is 27.9 Å². The van der Waals surface area contributed by atoms with Crippen LogP contribution in [-0.2, 0) is 6.54 Å². The molecule has 98 valence electrons. The number of hydrogen-bond donors (Lipinski definition) is 1. The van der Waals surface area contributed by atoms with Crippen molar-refractivity contribution in [1.29, 1.82) is 0 Å². The molecular formula is C15H16N2O2. The smallest absolute Gasteiger partial charge is 0.254 e. The van der Waals surface area contributed by atoms with Crippen molar-refractivity contribution in [2.75, 3.05) is 7.05 Å². The number of phenols is 1. The van der Waals surface area contributed by atoms with Crippen molar-refractivity contribution in [2.24, 2.45) is 0 Å². The second-order valence-corrected chi connectivity index (χ2v) is 4.48. The summed E-state index contributed by atoms with van der Waals surface area (Å²) in [5, 5.41) is 9.36. The van der Waals surface area contributed by atoms with Crippen LogP contribution >= 0.6 is 0 Å². The first-order valence-corrected chi connectivity index (χ1v) is 6.03. The van der Waals surface area contributed by atoms with Crippen molar-refractivity contribution < 1.29 is 9.90 Å². The van der Waals surface area contributed by atoms with Crippen molar-refractivity contribution >= 4 is 5.91 Å². The van der Waals surface area contributed by atoms with E-state index in [0.29, 0.717) is 12.1 Å². The van der Waals surface area contributed by atoms with E-state index in [0.717, 1.165) is 11.3 Å². The lowest BCUT2D eigenvalue weighted by molar-refractivity contribution is 0.0782. The molecular weight excluding hydrogens is 240 g/mol. The highest BCUT2D eigenvalue weighted by Crippen LogP contribution is 2.17. The van der Waals surface area contributed by atoms with Gasteiger partial charge in [-0.25, -0.2) is 0 Å². The predicted molar refractivity (Wildman–Crippen MR) is 72.9 cm³/mol. The summed E-state index contributed by atoms with van der Waals surface area (Å²) < 4.78 is 0. The maximum absolute atomic E-state index is 12.3. The average Bonchev–Trinajstić information content (AvgIpc) is 2.39. The van der Waals surface area contributed by atoms with Gasteiger partial charge in [0.1, 0.15) is 5.75 Å². The number of benzene rings is 1. The van der Waals surface area contributed by atoms with E-state index in [9.17, 15) is 9.90 Å². The Morgan fingerprint density at radius 1 is 1.32 bits per heavy atom. The van der Waals surface area contributed by atoms with Crippen LogP contribution in [0.3, 0.4) is 0 Å². The number of hydrogen-bond acceptors (Lipinski definition) is 3. The molecule has 2 aromatic rings. The summed E-state index contributed by atoms with van der Waals surface area (Å²) >= 11 is 0. The summed E-state index contributed by atoms with van der Waals surface area (Å²) in [4.78, 5) is 18.1. The third kappa shape index (κ3) is 3.10. The first kappa shape index (κ1) is 13.1. The molecule has 1 amide bonds. The lowest BCUT2D eigenvalue weighted by Crippen LogP contribution is -2.27. The Hall–Kier alpha value is -2.36. The number of aromatic nitrogens is 1. The molecule has 0 bridgehead atoms. The van der Waals surface area contributed by atoms with Crippen molar-refractivity contribution in [1.82, 2.24) is 9.88 Å². The molecule has 0 spiro atoms. The number of pyridine rings is 1. The Labute approximate surface area is 112 Å². The summed E-state index contributed by atoms with van der Waals surface area (Å²) in [6.45, 7) is 2.27. The second-order valence-electron chi connectivity index (χ2n) is 4.48. The van der Waals surface area contributed by atoms with Crippen LogP contribution in [0.15, 0.2) is 42.6 Å². The van der Waals surface area contributed by atoms with Gasteiger partial charge in [-0.3, -0.25) is 9.78 Å². The molecule has 0 saturated heterocycles. The zero-order valence-electron chi connectivity index (χ0n) is 11.0. The van der Waals surface area contributed by atoms with Crippen LogP contribution in [0.4, 0.5) is 0 Å². The minimum absolute atomic E-state index is 0.0804. The van der Waals surface area contributed by atoms with Crippen molar-refractivity contribution in [3.8, 4) is 5.75 Å². The molecule has 1 aromatic heterocycles. The molecule has 0 aliphatic rings. The van der Waals surface area contributed by atoms with E-state index in [1.807, 2.05) is 25.1 Å². The van der Waals surface area contributed by atoms with Gasteiger partial charge in [0, 0.05) is 18.8 Å². The number of aromatic hydroxyl groups is 1. The van der Waals surface area contributed by atoms with E-state index in [1.54, 1.807) is 30.3 Å². The van der Waals surface area contributed by atoms with Gasteiger partial charge in [-0.05, 0) is 42.8 Å². The number of carbonyl (C=O) groups excluding carboxylic acids is 1. The maximum atomic E-state index is 12.3. The van der Waals surface area contributed by atoms with Crippen LogP contribution in [0.25, 0.3) is 0 Å². The summed E-state index contributed by atoms with van der Waals surface area (Å²) in [5.41, 5.74) is 2.20. The van der Waals surface area contributed by atoms with Crippen molar-refractivity contribution in [3.63, 3.8) is 0 Å². The molecule has 4 heteroatoms. The number of nitrogens with zero attached hydrogens (tertiary/aromatic N) is 2. The lowest BCUT2D eigenvalue weighted by Gasteiger charge is -2.18. The molecule has 0 saturated carbocycles. The molecule has 1 heterocycles. The number of amides is 1. The zero-order valence-corrected chi connectivity index (χ0v) is 11.0. The Kier molecular flexibility index (Phi) is 3.80. The molecule has 1 N–H and O–H groups in total. The molecule has 0 radical (unpaired) electrons. The highest BCUT2D eigenvalue weighted by Gasteiger charge is 2.14. The highest BCUT2D eigenvalue weighted by atomic mass is 16.3. The van der Waals surface area contributed by atoms with Crippen molar-refractivity contribution in [3.05, 3.63) is 59.4 Å². The van der Waals surface area contributed by atoms with E-state index < -0.39 is 0 Å². The number of aryl methyl sites for hydroxylation is 1. The first-order valence-electron chi connectivity index (χ1n) is 6.03. The van der Waals surface area contributed by atoms with Crippen LogP contribution in [0, 0.1) is 6.92 Å². The number of carbonyl (C=O) groups is 1. The third-order valence-electron chi connectivity index (χ3n) is 2.91. The largest absolute Gasteiger partial charge is 0.508 e. The van der Waals surface area contributed by atoms with Crippen LogP contribution in [0.1, 0.15) is 21.6 Å². The SMILES string of the molecule is Cc1cc(O)ccc1C(=O)N(C)Cc1ccccn1. The number of phenolic OH excluding ortho intramolecular Hbond substituents is 1. The second kappa shape index (κ2) is 5.52. The van der Waals surface area contributed by atoms with Gasteiger partial charge in [-0.1, -0.05) is 6.07 Å². The minimum atomic E-state index is -0.0804. The fourth-order valence-electron chi connectivity index (χ4n) is 1.90. The molecule has 0 aliphatic heterocycles. The summed E-state index contributed by atoms with van der Waals surface area (Å²) in [6.07, 6.45) is 1.71. The Morgan fingerprint density at radius 2 is 2.11 bits per heavy atom. The maximum Gasteiger partial charge on any atom is 0.254 e. The standard InChI is InChI=1S/C15H16N2O2/c1-11-9-13(18)6-7-14(11)15(19)17(2)10-12-5-3-4-8-16-12/h3-9,18H,10H2,1-2H3. The van der Waals surface area contributed by atoms with E-state index in [-0.39, 0.29) is 11.7 Å². The molecule has 1 aromatic carbocycles. The van der Waals surface area contributed by atoms with Crippen LogP contribution in [0.5, 0.6) is 5.75 Å². The minimum Gasteiger partial charge on any atom is -0.508 e. The molecule has 2 rings (SSSR count). The highest BCUT2D eigenvalue weighted by molar-refractivity contribution is 5.95. The normalized spacial score (nSPS) is 10.2. The number of rotatable bonds is 3. The van der Waals surface area contributed by atoms with Gasteiger partial charge in [0.2, 0.25) is 0 Å².